The van der Waals surface area contributed by atoms with E-state index in [0.717, 1.165) is 55.9 Å². The molecule has 1 aliphatic heterocycles. The van der Waals surface area contributed by atoms with Crippen LogP contribution in [-0.4, -0.2) is 32.3 Å². The van der Waals surface area contributed by atoms with E-state index in [4.69, 9.17) is 26.5 Å². The van der Waals surface area contributed by atoms with E-state index < -0.39 is 49.1 Å². The molecular weight excluding hydrogens is 979 g/mol. The smallest absolute Gasteiger partial charge is 0.417 e. The molecule has 0 aliphatic carbocycles. The molecule has 12 heteroatoms. The Bertz CT molecular complexity index is 2950. The molecule has 384 valence electrons. The standard InChI is InChI=1S/C59H86O6P2Si4/c1-56(2,3)39-29-43(52(48(33-39)68(13,14)15)62-66-60-37-38-27-25-26-28-47(38)61-66)44-30-40(57(4,5)6)34-49(69(16,17)18)53(44)63-67-64-54-45(31-41(58(7,8)9)35-50(54)70(19,20)21)46-32-42(59(10,11)12)36-51(55(46)65-67)71(22,23)24/h25-36H,37H2,1-24H3. The van der Waals surface area contributed by atoms with Gasteiger partial charge in [-0.1, -0.05) is 204 Å². The molecular formula is C59H86O6P2Si4. The highest BCUT2D eigenvalue weighted by Crippen LogP contribution is 2.52. The van der Waals surface area contributed by atoms with Crippen molar-refractivity contribution in [1.82, 2.24) is 0 Å². The SMILES string of the molecule is CC(C)(C)c1cc(-c2cc(C(C)(C)C)cc([Si](C)(C)C)c2Op2oc3c([Si](C)(C)C)cc(C(C)(C)C)cc3c3cc(C(C)(C)C)cc([Si](C)(C)C)c3o2)c(OP2OCc3ccccc3O2)c([Si](C)(C)C)c1. The lowest BCUT2D eigenvalue weighted by atomic mass is 9.83. The summed E-state index contributed by atoms with van der Waals surface area (Å²) in [6.45, 7) is 57.2. The molecule has 1 aliphatic rings. The Kier molecular flexibility index (Phi) is 14.7. The highest BCUT2D eigenvalue weighted by Gasteiger charge is 2.37. The van der Waals surface area contributed by atoms with Crippen molar-refractivity contribution in [2.45, 2.75) is 190 Å². The summed E-state index contributed by atoms with van der Waals surface area (Å²) >= 11 is 0. The third kappa shape index (κ3) is 12.0. The Labute approximate surface area is 434 Å². The van der Waals surface area contributed by atoms with Gasteiger partial charge in [0, 0.05) is 27.5 Å². The van der Waals surface area contributed by atoms with Crippen LogP contribution in [0.25, 0.3) is 33.1 Å². The Hall–Kier alpha value is -3.34. The minimum absolute atomic E-state index is 0.0915. The molecule has 71 heavy (non-hydrogen) atoms. The first kappa shape index (κ1) is 55.4. The van der Waals surface area contributed by atoms with Crippen LogP contribution in [0, 0.1) is 0 Å². The van der Waals surface area contributed by atoms with E-state index in [-0.39, 0.29) is 21.7 Å². The molecule has 1 aromatic heterocycles. The minimum Gasteiger partial charge on any atom is -0.417 e. The van der Waals surface area contributed by atoms with Crippen LogP contribution in [0.4, 0.5) is 0 Å². The van der Waals surface area contributed by atoms with Crippen LogP contribution in [0.15, 0.2) is 81.2 Å². The summed E-state index contributed by atoms with van der Waals surface area (Å²) < 4.78 is 43.3. The van der Waals surface area contributed by atoms with Crippen LogP contribution in [0.3, 0.4) is 0 Å². The van der Waals surface area contributed by atoms with Crippen LogP contribution in [0.1, 0.15) is 111 Å². The van der Waals surface area contributed by atoms with E-state index in [0.29, 0.717) is 6.61 Å². The van der Waals surface area contributed by atoms with Gasteiger partial charge in [0.1, 0.15) is 28.4 Å². The lowest BCUT2D eigenvalue weighted by Gasteiger charge is -2.32. The molecule has 0 radical (unpaired) electrons. The van der Waals surface area contributed by atoms with Crippen molar-refractivity contribution in [1.29, 1.82) is 0 Å². The molecule has 6 nitrogen and oxygen atoms in total. The van der Waals surface area contributed by atoms with Crippen LogP contribution >= 0.6 is 16.8 Å². The topological polar surface area (TPSA) is 63.2 Å². The third-order valence-corrected chi connectivity index (χ3v) is 23.7. The maximum atomic E-state index is 7.82. The van der Waals surface area contributed by atoms with E-state index in [9.17, 15) is 0 Å². The Morgan fingerprint density at radius 1 is 0.437 bits per heavy atom. The van der Waals surface area contributed by atoms with E-state index in [2.05, 4.69) is 216 Å². The maximum Gasteiger partial charge on any atom is 0.463 e. The van der Waals surface area contributed by atoms with E-state index in [1.165, 1.54) is 43.0 Å². The zero-order valence-electron chi connectivity index (χ0n) is 48.0. The average Bonchev–Trinajstić information content (AvgIpc) is 3.36. The first-order valence-corrected chi connectivity index (χ1v) is 41.9. The van der Waals surface area contributed by atoms with Crippen molar-refractivity contribution in [3.05, 3.63) is 101 Å². The summed E-state index contributed by atoms with van der Waals surface area (Å²) in [4.78, 5) is 0. The van der Waals surface area contributed by atoms with Crippen molar-refractivity contribution in [2.24, 2.45) is 0 Å². The van der Waals surface area contributed by atoms with E-state index in [1.807, 2.05) is 18.2 Å². The van der Waals surface area contributed by atoms with Crippen LogP contribution < -0.4 is 34.3 Å². The summed E-state index contributed by atoms with van der Waals surface area (Å²) in [5.41, 5.74) is 9.30. The van der Waals surface area contributed by atoms with Gasteiger partial charge in [0.15, 0.2) is 0 Å². The molecule has 1 atom stereocenters. The first-order valence-electron chi connectivity index (χ1n) is 25.7. The van der Waals surface area contributed by atoms with Gasteiger partial charge in [0.2, 0.25) is 0 Å². The van der Waals surface area contributed by atoms with Gasteiger partial charge in [0.05, 0.1) is 38.9 Å². The van der Waals surface area contributed by atoms with Crippen LogP contribution in [0.5, 0.6) is 17.2 Å². The maximum absolute atomic E-state index is 7.82. The van der Waals surface area contributed by atoms with Gasteiger partial charge >= 0.3 is 16.8 Å². The number of para-hydroxylation sites is 1. The second-order valence-electron chi connectivity index (χ2n) is 28.4. The fourth-order valence-corrected chi connectivity index (χ4v) is 17.4. The molecule has 0 spiro atoms. The largest absolute Gasteiger partial charge is 0.463 e. The third-order valence-electron chi connectivity index (χ3n) is 13.8. The molecule has 2 heterocycles. The van der Waals surface area contributed by atoms with E-state index in [1.54, 1.807) is 0 Å². The molecule has 0 fully saturated rings. The fraction of sp³-hybridized carbons (Fsp3) is 0.492. The lowest BCUT2D eigenvalue weighted by molar-refractivity contribution is 0.233. The quantitative estimate of drug-likeness (QED) is 0.106. The highest BCUT2D eigenvalue weighted by molar-refractivity contribution is 7.42. The van der Waals surface area contributed by atoms with Crippen molar-refractivity contribution < 1.29 is 26.5 Å². The van der Waals surface area contributed by atoms with Gasteiger partial charge in [-0.05, 0) is 95.0 Å². The van der Waals surface area contributed by atoms with Crippen molar-refractivity contribution in [2.75, 3.05) is 0 Å². The predicted molar refractivity (Wildman–Crippen MR) is 320 cm³/mol. The molecule has 0 saturated carbocycles. The second kappa shape index (κ2) is 18.8. The van der Waals surface area contributed by atoms with Crippen LogP contribution in [-0.2, 0) is 32.8 Å². The van der Waals surface area contributed by atoms with Gasteiger partial charge in [-0.2, -0.15) is 0 Å². The summed E-state index contributed by atoms with van der Waals surface area (Å²) in [6.07, 6.45) is 0. The Balaban J connectivity index is 1.68. The summed E-state index contributed by atoms with van der Waals surface area (Å²) in [6, 6.07) is 27.3. The number of benzene rings is 5. The molecule has 6 aromatic rings. The van der Waals surface area contributed by atoms with Crippen molar-refractivity contribution in [3.8, 4) is 28.4 Å². The average molecular weight is 1070 g/mol. The molecule has 7 rings (SSSR count). The normalized spacial score (nSPS) is 15.5. The zero-order chi connectivity index (χ0) is 53.0. The predicted octanol–water partition coefficient (Wildman–Crippen LogP) is 17.4. The van der Waals surface area contributed by atoms with Gasteiger partial charge < -0.3 is 22.0 Å². The molecule has 0 saturated heterocycles. The first-order chi connectivity index (χ1) is 32.2. The molecule has 0 amide bonds. The zero-order valence-corrected chi connectivity index (χ0v) is 53.8. The summed E-state index contributed by atoms with van der Waals surface area (Å²) in [5.74, 6) is 2.41. The number of hydrogen-bond donors (Lipinski definition) is 0. The fourth-order valence-electron chi connectivity index (χ4n) is 9.01. The Morgan fingerprint density at radius 2 is 0.789 bits per heavy atom. The van der Waals surface area contributed by atoms with Gasteiger partial charge in [-0.25, -0.2) is 0 Å². The molecule has 0 N–H and O–H groups in total. The van der Waals surface area contributed by atoms with Gasteiger partial charge in [0.25, 0.3) is 0 Å². The number of rotatable bonds is 9. The van der Waals surface area contributed by atoms with Gasteiger partial charge in [-0.3, -0.25) is 4.52 Å². The Morgan fingerprint density at radius 3 is 1.17 bits per heavy atom. The number of fused-ring (bicyclic) bond motifs is 4. The summed E-state index contributed by atoms with van der Waals surface area (Å²) in [7, 11) is -12.4. The molecule has 1 unspecified atom stereocenters. The van der Waals surface area contributed by atoms with Crippen molar-refractivity contribution >= 4 is 91.8 Å². The lowest BCUT2D eigenvalue weighted by Crippen LogP contribution is -2.40. The minimum atomic E-state index is -2.22. The second-order valence-corrected chi connectivity index (χ2v) is 50.6. The van der Waals surface area contributed by atoms with Gasteiger partial charge in [-0.15, -0.1) is 0 Å². The van der Waals surface area contributed by atoms with Crippen LogP contribution in [0.2, 0.25) is 78.6 Å². The van der Waals surface area contributed by atoms with E-state index >= 15 is 0 Å². The molecule has 5 aromatic carbocycles. The monoisotopic (exact) mass is 1060 g/mol. The highest BCUT2D eigenvalue weighted by atomic mass is 31.2. The summed E-state index contributed by atoms with van der Waals surface area (Å²) in [5, 5.41) is 7.19. The number of hydrogen-bond acceptors (Lipinski definition) is 6. The molecule has 0 bridgehead atoms. The van der Waals surface area contributed by atoms with Crippen molar-refractivity contribution in [3.63, 3.8) is 0 Å².